The summed E-state index contributed by atoms with van der Waals surface area (Å²) in [6.45, 7) is 1.96. The number of hydrogen-bond donors (Lipinski definition) is 2. The van der Waals surface area contributed by atoms with Gasteiger partial charge in [0, 0.05) is 16.8 Å². The lowest BCUT2D eigenvalue weighted by Gasteiger charge is -2.10. The molecule has 0 unspecified atom stereocenters. The van der Waals surface area contributed by atoms with E-state index >= 15 is 0 Å². The lowest BCUT2D eigenvalue weighted by molar-refractivity contribution is 0.102. The van der Waals surface area contributed by atoms with Crippen LogP contribution >= 0.6 is 0 Å². The second kappa shape index (κ2) is 7.60. The molecule has 4 aromatic carbocycles. The van der Waals surface area contributed by atoms with Crippen LogP contribution in [-0.4, -0.2) is 16.8 Å². The Bertz CT molecular complexity index is 1220. The molecule has 0 spiro atoms. The second-order valence-corrected chi connectivity index (χ2v) is 6.91. The highest BCUT2D eigenvalue weighted by Crippen LogP contribution is 2.25. The topological polar surface area (TPSA) is 66.4 Å². The maximum Gasteiger partial charge on any atom is 0.259 e. The average Bonchev–Trinajstić information content (AvgIpc) is 2.74. The predicted octanol–water partition coefficient (Wildman–Crippen LogP) is 5.34. The highest BCUT2D eigenvalue weighted by Gasteiger charge is 2.17. The Kier molecular flexibility index (Phi) is 4.83. The largest absolute Gasteiger partial charge is 0.507 e. The molecule has 0 heterocycles. The van der Waals surface area contributed by atoms with Crippen molar-refractivity contribution in [3.8, 4) is 5.75 Å². The molecule has 4 heteroatoms. The summed E-state index contributed by atoms with van der Waals surface area (Å²) in [7, 11) is 0. The van der Waals surface area contributed by atoms with Crippen LogP contribution in [0.5, 0.6) is 5.75 Å². The number of anilines is 1. The van der Waals surface area contributed by atoms with Crippen molar-refractivity contribution in [3.05, 3.63) is 107 Å². The predicted molar refractivity (Wildman–Crippen MR) is 115 cm³/mol. The second-order valence-electron chi connectivity index (χ2n) is 6.91. The molecule has 4 aromatic rings. The van der Waals surface area contributed by atoms with E-state index in [-0.39, 0.29) is 17.1 Å². The number of phenols is 1. The third-order valence-corrected chi connectivity index (χ3v) is 4.85. The van der Waals surface area contributed by atoms with Gasteiger partial charge in [-0.25, -0.2) is 0 Å². The van der Waals surface area contributed by atoms with E-state index in [1.165, 1.54) is 18.2 Å². The van der Waals surface area contributed by atoms with Crippen molar-refractivity contribution in [2.45, 2.75) is 6.92 Å². The number of fused-ring (bicyclic) bond motifs is 1. The minimum atomic E-state index is -0.473. The van der Waals surface area contributed by atoms with E-state index in [1.54, 1.807) is 18.2 Å². The Labute approximate surface area is 168 Å². The third-order valence-electron chi connectivity index (χ3n) is 4.85. The number of ketones is 1. The SMILES string of the molecule is Cc1ccc(NC(=O)c2cc(C(=O)c3cccc4ccccc34)ccc2O)cc1. The first-order valence-corrected chi connectivity index (χ1v) is 9.26. The number of benzene rings is 4. The zero-order chi connectivity index (χ0) is 20.4. The number of nitrogens with one attached hydrogen (secondary N) is 1. The summed E-state index contributed by atoms with van der Waals surface area (Å²) in [5.41, 5.74) is 2.64. The Hall–Kier alpha value is -3.92. The Morgan fingerprint density at radius 2 is 1.52 bits per heavy atom. The van der Waals surface area contributed by atoms with Crippen LogP contribution in [0, 0.1) is 6.92 Å². The van der Waals surface area contributed by atoms with Crippen LogP contribution in [0.2, 0.25) is 0 Å². The van der Waals surface area contributed by atoms with Crippen LogP contribution < -0.4 is 5.32 Å². The van der Waals surface area contributed by atoms with Crippen LogP contribution in [0.3, 0.4) is 0 Å². The average molecular weight is 381 g/mol. The number of aromatic hydroxyl groups is 1. The molecule has 29 heavy (non-hydrogen) atoms. The normalized spacial score (nSPS) is 10.7. The fraction of sp³-hybridized carbons (Fsp3) is 0.0400. The standard InChI is InChI=1S/C25H19NO3/c1-16-9-12-19(13-10-16)26-25(29)22-15-18(11-14-23(22)27)24(28)21-8-4-6-17-5-2-3-7-20(17)21/h2-15,27H,1H3,(H,26,29). The van der Waals surface area contributed by atoms with Crippen LogP contribution in [0.4, 0.5) is 5.69 Å². The van der Waals surface area contributed by atoms with Gasteiger partial charge in [-0.3, -0.25) is 9.59 Å². The molecule has 0 aliphatic carbocycles. The molecule has 2 N–H and O–H groups in total. The lowest BCUT2D eigenvalue weighted by atomic mass is 9.96. The maximum atomic E-state index is 13.1. The molecule has 0 radical (unpaired) electrons. The van der Waals surface area contributed by atoms with Crippen LogP contribution in [0.25, 0.3) is 10.8 Å². The number of hydrogen-bond acceptors (Lipinski definition) is 3. The minimum Gasteiger partial charge on any atom is -0.507 e. The van der Waals surface area contributed by atoms with Gasteiger partial charge in [-0.1, -0.05) is 60.2 Å². The van der Waals surface area contributed by atoms with E-state index in [1.807, 2.05) is 55.5 Å². The number of carbonyl (C=O) groups excluding carboxylic acids is 2. The third kappa shape index (κ3) is 3.73. The van der Waals surface area contributed by atoms with Gasteiger partial charge in [0.15, 0.2) is 5.78 Å². The summed E-state index contributed by atoms with van der Waals surface area (Å²) in [5, 5.41) is 14.7. The highest BCUT2D eigenvalue weighted by molar-refractivity contribution is 6.17. The first-order valence-electron chi connectivity index (χ1n) is 9.26. The van der Waals surface area contributed by atoms with Gasteiger partial charge >= 0.3 is 0 Å². The quantitative estimate of drug-likeness (QED) is 0.469. The van der Waals surface area contributed by atoms with Crippen LogP contribution in [-0.2, 0) is 0 Å². The molecular formula is C25H19NO3. The molecule has 0 saturated carbocycles. The van der Waals surface area contributed by atoms with Gasteiger partial charge < -0.3 is 10.4 Å². The number of aryl methyl sites for hydroxylation is 1. The van der Waals surface area contributed by atoms with Gasteiger partial charge in [0.05, 0.1) is 5.56 Å². The monoisotopic (exact) mass is 381 g/mol. The lowest BCUT2D eigenvalue weighted by Crippen LogP contribution is -2.13. The molecule has 0 aliphatic heterocycles. The van der Waals surface area contributed by atoms with E-state index in [4.69, 9.17) is 0 Å². The van der Waals surface area contributed by atoms with Crippen molar-refractivity contribution in [1.82, 2.24) is 0 Å². The van der Waals surface area contributed by atoms with Crippen molar-refractivity contribution < 1.29 is 14.7 Å². The molecule has 4 nitrogen and oxygen atoms in total. The zero-order valence-corrected chi connectivity index (χ0v) is 15.8. The summed E-state index contributed by atoms with van der Waals surface area (Å²) >= 11 is 0. The van der Waals surface area contributed by atoms with Crippen molar-refractivity contribution in [1.29, 1.82) is 0 Å². The molecule has 142 valence electrons. The molecule has 0 bridgehead atoms. The van der Waals surface area contributed by atoms with Crippen molar-refractivity contribution in [3.63, 3.8) is 0 Å². The summed E-state index contributed by atoms with van der Waals surface area (Å²) < 4.78 is 0. The van der Waals surface area contributed by atoms with Gasteiger partial charge in [0.1, 0.15) is 5.75 Å². The minimum absolute atomic E-state index is 0.0525. The number of phenolic OH excluding ortho intramolecular Hbond substituents is 1. The fourth-order valence-corrected chi connectivity index (χ4v) is 3.27. The van der Waals surface area contributed by atoms with Crippen molar-refractivity contribution in [2.75, 3.05) is 5.32 Å². The van der Waals surface area contributed by atoms with E-state index < -0.39 is 5.91 Å². The van der Waals surface area contributed by atoms with Crippen molar-refractivity contribution >= 4 is 28.2 Å². The molecule has 1 amide bonds. The molecular weight excluding hydrogens is 362 g/mol. The van der Waals surface area contributed by atoms with Gasteiger partial charge in [-0.2, -0.15) is 0 Å². The first-order chi connectivity index (χ1) is 14.0. The van der Waals surface area contributed by atoms with Crippen molar-refractivity contribution in [2.24, 2.45) is 0 Å². The van der Waals surface area contributed by atoms with E-state index in [0.29, 0.717) is 16.8 Å². The number of rotatable bonds is 4. The zero-order valence-electron chi connectivity index (χ0n) is 15.8. The van der Waals surface area contributed by atoms with Gasteiger partial charge in [0.25, 0.3) is 5.91 Å². The number of amides is 1. The Morgan fingerprint density at radius 3 is 2.31 bits per heavy atom. The summed E-state index contributed by atoms with van der Waals surface area (Å²) in [5.74, 6) is -0.853. The maximum absolute atomic E-state index is 13.1. The van der Waals surface area contributed by atoms with Gasteiger partial charge in [-0.05, 0) is 48.0 Å². The van der Waals surface area contributed by atoms with Gasteiger partial charge in [0.2, 0.25) is 0 Å². The van der Waals surface area contributed by atoms with E-state index in [2.05, 4.69) is 5.32 Å². The van der Waals surface area contributed by atoms with E-state index in [9.17, 15) is 14.7 Å². The molecule has 4 rings (SSSR count). The Morgan fingerprint density at radius 1 is 0.793 bits per heavy atom. The molecule has 0 aromatic heterocycles. The van der Waals surface area contributed by atoms with E-state index in [0.717, 1.165) is 16.3 Å². The first kappa shape index (κ1) is 18.4. The summed E-state index contributed by atoms with van der Waals surface area (Å²) in [4.78, 5) is 25.8. The molecule has 0 aliphatic rings. The highest BCUT2D eigenvalue weighted by atomic mass is 16.3. The summed E-state index contributed by atoms with van der Waals surface area (Å²) in [6, 6.07) is 24.9. The Balaban J connectivity index is 1.68. The molecule has 0 atom stereocenters. The van der Waals surface area contributed by atoms with Gasteiger partial charge in [-0.15, -0.1) is 0 Å². The fourth-order valence-electron chi connectivity index (χ4n) is 3.27. The summed E-state index contributed by atoms with van der Waals surface area (Å²) in [6.07, 6.45) is 0. The number of carbonyl (C=O) groups is 2. The van der Waals surface area contributed by atoms with Crippen LogP contribution in [0.15, 0.2) is 84.9 Å². The smallest absolute Gasteiger partial charge is 0.259 e. The molecule has 0 saturated heterocycles. The molecule has 0 fully saturated rings. The van der Waals surface area contributed by atoms with Crippen LogP contribution in [0.1, 0.15) is 31.8 Å².